The van der Waals surface area contributed by atoms with E-state index in [-0.39, 0.29) is 5.56 Å². The first kappa shape index (κ1) is 16.4. The molecule has 0 aliphatic heterocycles. The second kappa shape index (κ2) is 7.18. The summed E-state index contributed by atoms with van der Waals surface area (Å²) < 4.78 is 27.8. The molecule has 0 aliphatic carbocycles. The van der Waals surface area contributed by atoms with E-state index in [1.165, 1.54) is 12.1 Å². The molecule has 0 saturated heterocycles. The molecule has 0 fully saturated rings. The fourth-order valence-electron chi connectivity index (χ4n) is 2.35. The Bertz CT molecular complexity index is 566. The van der Waals surface area contributed by atoms with Gasteiger partial charge in [0.05, 0.1) is 0 Å². The van der Waals surface area contributed by atoms with Crippen LogP contribution in [0.25, 0.3) is 11.1 Å². The molecular weight excluding hydrogens is 254 g/mol. The van der Waals surface area contributed by atoms with Crippen LogP contribution in [0.1, 0.15) is 37.5 Å². The second-order valence-corrected chi connectivity index (χ2v) is 4.51. The zero-order valence-electron chi connectivity index (χ0n) is 12.8. The maximum Gasteiger partial charge on any atom is 0.137 e. The van der Waals surface area contributed by atoms with Gasteiger partial charge in [-0.3, -0.25) is 0 Å². The summed E-state index contributed by atoms with van der Waals surface area (Å²) in [4.78, 5) is 0. The lowest BCUT2D eigenvalue weighted by atomic mass is 9.93. The molecule has 108 valence electrons. The number of rotatable bonds is 2. The fraction of sp³-hybridized carbons (Fsp3) is 0.333. The summed E-state index contributed by atoms with van der Waals surface area (Å²) in [5, 5.41) is 0. The van der Waals surface area contributed by atoms with E-state index in [1.54, 1.807) is 6.92 Å². The van der Waals surface area contributed by atoms with Crippen molar-refractivity contribution in [1.29, 1.82) is 0 Å². The van der Waals surface area contributed by atoms with Gasteiger partial charge in [0.15, 0.2) is 0 Å². The van der Waals surface area contributed by atoms with Crippen molar-refractivity contribution in [3.8, 4) is 11.1 Å². The number of benzene rings is 2. The maximum absolute atomic E-state index is 14.3. The van der Waals surface area contributed by atoms with E-state index >= 15 is 0 Å². The van der Waals surface area contributed by atoms with Gasteiger partial charge in [0, 0.05) is 11.1 Å². The summed E-state index contributed by atoms with van der Waals surface area (Å²) >= 11 is 0. The lowest BCUT2D eigenvalue weighted by molar-refractivity contribution is 0.561. The highest BCUT2D eigenvalue weighted by molar-refractivity contribution is 5.72. The van der Waals surface area contributed by atoms with E-state index in [1.807, 2.05) is 45.9 Å². The molecule has 20 heavy (non-hydrogen) atoms. The van der Waals surface area contributed by atoms with Crippen LogP contribution >= 0.6 is 0 Å². The summed E-state index contributed by atoms with van der Waals surface area (Å²) in [7, 11) is 0. The molecular formula is C18H22F2. The number of hydrogen-bond acceptors (Lipinski definition) is 0. The summed E-state index contributed by atoms with van der Waals surface area (Å²) in [6.07, 6.45) is 0.358. The highest BCUT2D eigenvalue weighted by atomic mass is 19.1. The van der Waals surface area contributed by atoms with Crippen LogP contribution in [0, 0.1) is 25.5 Å². The molecule has 0 saturated carbocycles. The van der Waals surface area contributed by atoms with E-state index in [2.05, 4.69) is 0 Å². The Labute approximate surface area is 120 Å². The van der Waals surface area contributed by atoms with Gasteiger partial charge in [0.25, 0.3) is 0 Å². The van der Waals surface area contributed by atoms with Crippen LogP contribution < -0.4 is 0 Å². The van der Waals surface area contributed by atoms with Crippen molar-refractivity contribution in [3.05, 3.63) is 58.7 Å². The van der Waals surface area contributed by atoms with Gasteiger partial charge in [0.1, 0.15) is 11.6 Å². The van der Waals surface area contributed by atoms with E-state index < -0.39 is 11.6 Å². The van der Waals surface area contributed by atoms with Crippen LogP contribution in [0.5, 0.6) is 0 Å². The zero-order valence-corrected chi connectivity index (χ0v) is 12.8. The molecule has 0 aliphatic rings. The third kappa shape index (κ3) is 3.06. The normalized spacial score (nSPS) is 9.95. The molecule has 0 bridgehead atoms. The molecule has 0 nitrogen and oxygen atoms in total. The minimum Gasteiger partial charge on any atom is -0.207 e. The van der Waals surface area contributed by atoms with Crippen molar-refractivity contribution in [2.45, 2.75) is 41.0 Å². The van der Waals surface area contributed by atoms with Gasteiger partial charge >= 0.3 is 0 Å². The topological polar surface area (TPSA) is 0 Å². The quantitative estimate of drug-likeness (QED) is 0.646. The fourth-order valence-corrected chi connectivity index (χ4v) is 2.35. The van der Waals surface area contributed by atoms with Gasteiger partial charge in [-0.2, -0.15) is 0 Å². The average Bonchev–Trinajstić information content (AvgIpc) is 2.44. The Morgan fingerprint density at radius 1 is 0.900 bits per heavy atom. The van der Waals surface area contributed by atoms with Crippen molar-refractivity contribution in [1.82, 2.24) is 0 Å². The number of halogens is 2. The van der Waals surface area contributed by atoms with E-state index in [0.717, 1.165) is 16.7 Å². The van der Waals surface area contributed by atoms with Gasteiger partial charge in [-0.05, 0) is 49.1 Å². The Balaban J connectivity index is 0.000000956. The average molecular weight is 276 g/mol. The third-order valence-corrected chi connectivity index (χ3v) is 3.29. The largest absolute Gasteiger partial charge is 0.207 e. The molecule has 2 heteroatoms. The minimum atomic E-state index is -0.468. The van der Waals surface area contributed by atoms with Crippen molar-refractivity contribution in [3.63, 3.8) is 0 Å². The Kier molecular flexibility index (Phi) is 5.87. The molecule has 0 heterocycles. The van der Waals surface area contributed by atoms with Gasteiger partial charge in [-0.1, -0.05) is 39.0 Å². The van der Waals surface area contributed by atoms with Crippen LogP contribution in [0.3, 0.4) is 0 Å². The molecule has 2 rings (SSSR count). The number of aryl methyl sites for hydroxylation is 2. The van der Waals surface area contributed by atoms with Crippen LogP contribution in [-0.4, -0.2) is 0 Å². The highest BCUT2D eigenvalue weighted by Crippen LogP contribution is 2.31. The van der Waals surface area contributed by atoms with Crippen LogP contribution in [-0.2, 0) is 6.42 Å². The lowest BCUT2D eigenvalue weighted by Gasteiger charge is -2.13. The van der Waals surface area contributed by atoms with Crippen molar-refractivity contribution in [2.75, 3.05) is 0 Å². The van der Waals surface area contributed by atoms with E-state index in [4.69, 9.17) is 0 Å². The first-order valence-electron chi connectivity index (χ1n) is 7.09. The van der Waals surface area contributed by atoms with Gasteiger partial charge in [-0.15, -0.1) is 0 Å². The van der Waals surface area contributed by atoms with Crippen molar-refractivity contribution < 1.29 is 8.78 Å². The predicted octanol–water partition coefficient (Wildman–Crippen LogP) is 5.84. The van der Waals surface area contributed by atoms with E-state index in [0.29, 0.717) is 12.0 Å². The van der Waals surface area contributed by atoms with Crippen LogP contribution in [0.4, 0.5) is 8.78 Å². The monoisotopic (exact) mass is 276 g/mol. The molecule has 2 aromatic carbocycles. The van der Waals surface area contributed by atoms with Crippen molar-refractivity contribution >= 4 is 0 Å². The smallest absolute Gasteiger partial charge is 0.137 e. The minimum absolute atomic E-state index is 0.162. The summed E-state index contributed by atoms with van der Waals surface area (Å²) in [6.45, 7) is 9.64. The first-order valence-corrected chi connectivity index (χ1v) is 7.09. The molecule has 0 aromatic heterocycles. The zero-order chi connectivity index (χ0) is 15.3. The third-order valence-electron chi connectivity index (χ3n) is 3.29. The molecule has 0 radical (unpaired) electrons. The summed E-state index contributed by atoms with van der Waals surface area (Å²) in [5.74, 6) is -0.903. The molecule has 0 atom stereocenters. The Morgan fingerprint density at radius 2 is 1.45 bits per heavy atom. The molecule has 0 N–H and O–H groups in total. The molecule has 2 aromatic rings. The van der Waals surface area contributed by atoms with Crippen LogP contribution in [0.2, 0.25) is 0 Å². The van der Waals surface area contributed by atoms with Crippen molar-refractivity contribution in [2.24, 2.45) is 0 Å². The Hall–Kier alpha value is -1.70. The second-order valence-electron chi connectivity index (χ2n) is 4.51. The Morgan fingerprint density at radius 3 is 1.95 bits per heavy atom. The molecule has 0 amide bonds. The summed E-state index contributed by atoms with van der Waals surface area (Å²) in [5.41, 5.74) is 3.52. The standard InChI is InChI=1S/C16H16F2.C2H6/c1-4-12-14(17)9-8-13(16(12)18)15-10(2)6-5-7-11(15)3;1-2/h5-9H,4H2,1-3H3;1-2H3. The first-order chi connectivity index (χ1) is 9.56. The van der Waals surface area contributed by atoms with Gasteiger partial charge in [0.2, 0.25) is 0 Å². The van der Waals surface area contributed by atoms with Gasteiger partial charge in [-0.25, -0.2) is 8.78 Å². The lowest BCUT2D eigenvalue weighted by Crippen LogP contribution is -1.98. The number of hydrogen-bond donors (Lipinski definition) is 0. The predicted molar refractivity (Wildman–Crippen MR) is 82.0 cm³/mol. The molecule has 0 unspecified atom stereocenters. The molecule has 0 spiro atoms. The van der Waals surface area contributed by atoms with E-state index in [9.17, 15) is 8.78 Å². The highest BCUT2D eigenvalue weighted by Gasteiger charge is 2.15. The van der Waals surface area contributed by atoms with Gasteiger partial charge < -0.3 is 0 Å². The maximum atomic E-state index is 14.3. The SMILES string of the molecule is CC.CCc1c(F)ccc(-c2c(C)cccc2C)c1F. The summed E-state index contributed by atoms with van der Waals surface area (Å²) in [6, 6.07) is 8.70. The van der Waals surface area contributed by atoms with Crippen LogP contribution in [0.15, 0.2) is 30.3 Å².